The van der Waals surface area contributed by atoms with Gasteiger partial charge >= 0.3 is 12.1 Å². The number of nitrogens with two attached hydrogens (primary N) is 1. The van der Waals surface area contributed by atoms with Gasteiger partial charge in [0.2, 0.25) is 5.84 Å². The van der Waals surface area contributed by atoms with Crippen molar-refractivity contribution in [2.24, 2.45) is 10.7 Å². The van der Waals surface area contributed by atoms with Gasteiger partial charge in [0, 0.05) is 5.57 Å². The van der Waals surface area contributed by atoms with Gasteiger partial charge in [-0.05, 0) is 23.5 Å². The Balaban J connectivity index is 2.96. The summed E-state index contributed by atoms with van der Waals surface area (Å²) in [5, 5.41) is 9.11. The Morgan fingerprint density at radius 3 is 2.15 bits per heavy atom. The number of carboxylic acid groups (broad SMARTS) is 1. The molecule has 27 heavy (non-hydrogen) atoms. The Bertz CT molecular complexity index is 771. The zero-order chi connectivity index (χ0) is 21.0. The first-order chi connectivity index (χ1) is 12.2. The van der Waals surface area contributed by atoms with Crippen LogP contribution in [0.2, 0.25) is 0 Å². The zero-order valence-corrected chi connectivity index (χ0v) is 15.6. The molecular weight excluding hydrogens is 361 g/mol. The Hall–Kier alpha value is -2.77. The third-order valence-corrected chi connectivity index (χ3v) is 3.73. The topological polar surface area (TPSA) is 84.9 Å². The molecule has 0 atom stereocenters. The first-order valence-electron chi connectivity index (χ1n) is 8.00. The molecule has 0 aliphatic rings. The van der Waals surface area contributed by atoms with E-state index in [0.29, 0.717) is 0 Å². The van der Waals surface area contributed by atoms with Crippen molar-refractivity contribution in [1.29, 1.82) is 0 Å². The molecule has 3 N–H and O–H groups in total. The molecule has 1 rings (SSSR count). The van der Waals surface area contributed by atoms with Gasteiger partial charge in [0.1, 0.15) is 12.4 Å². The first kappa shape index (κ1) is 22.3. The van der Waals surface area contributed by atoms with E-state index in [-0.39, 0.29) is 23.4 Å². The Morgan fingerprint density at radius 1 is 1.22 bits per heavy atom. The number of hydrogen-bond acceptors (Lipinski definition) is 3. The first-order valence-corrected chi connectivity index (χ1v) is 8.00. The molecular formula is C19H23F3N2O3. The molecule has 148 valence electrons. The van der Waals surface area contributed by atoms with Crippen LogP contribution >= 0.6 is 0 Å². The summed E-state index contributed by atoms with van der Waals surface area (Å²) in [6, 6.07) is 7.60. The number of carbonyl (C=O) groups is 1. The van der Waals surface area contributed by atoms with Gasteiger partial charge in [-0.25, -0.2) is 9.79 Å². The Labute approximate surface area is 156 Å². The van der Waals surface area contributed by atoms with Crippen LogP contribution in [-0.4, -0.2) is 23.1 Å². The number of ether oxygens (including phenoxy) is 1. The minimum atomic E-state index is -4.93. The SMILES string of the molecule is C=C(OCc1ccc(C(C)(C)C)cc1)/C(C)=C(\N=C(/N)C(F)(F)F)C(=O)O. The van der Waals surface area contributed by atoms with E-state index >= 15 is 0 Å². The number of rotatable bonds is 6. The molecule has 0 unspecified atom stereocenters. The number of aliphatic imine (C=N–C) groups is 1. The van der Waals surface area contributed by atoms with E-state index in [2.05, 4.69) is 32.3 Å². The standard InChI is InChI=1S/C19H23F3N2O3/c1-11(15(16(25)26)24-17(23)19(20,21)22)12(2)27-10-13-6-8-14(9-7-13)18(3,4)5/h6-9H,2,10H2,1,3-5H3,(H2,23,24)(H,25,26)/b15-11-. The molecule has 1 aromatic rings. The fourth-order valence-electron chi connectivity index (χ4n) is 1.99. The van der Waals surface area contributed by atoms with Crippen molar-refractivity contribution in [3.05, 3.63) is 59.0 Å². The summed E-state index contributed by atoms with van der Waals surface area (Å²) in [5.41, 5.74) is 5.69. The van der Waals surface area contributed by atoms with Gasteiger partial charge in [-0.1, -0.05) is 51.6 Å². The van der Waals surface area contributed by atoms with Crippen LogP contribution in [-0.2, 0) is 21.6 Å². The van der Waals surface area contributed by atoms with Crippen LogP contribution in [0.5, 0.6) is 0 Å². The summed E-state index contributed by atoms with van der Waals surface area (Å²) in [7, 11) is 0. The fraction of sp³-hybridized carbons (Fsp3) is 0.368. The molecule has 0 radical (unpaired) electrons. The lowest BCUT2D eigenvalue weighted by Gasteiger charge is -2.19. The average molecular weight is 384 g/mol. The number of amidine groups is 1. The van der Waals surface area contributed by atoms with Gasteiger partial charge in [0.25, 0.3) is 0 Å². The van der Waals surface area contributed by atoms with Crippen LogP contribution in [0.1, 0.15) is 38.8 Å². The summed E-state index contributed by atoms with van der Waals surface area (Å²) in [6.07, 6.45) is -4.93. The highest BCUT2D eigenvalue weighted by Gasteiger charge is 2.34. The maximum Gasteiger partial charge on any atom is 0.448 e. The molecule has 8 heteroatoms. The fourth-order valence-corrected chi connectivity index (χ4v) is 1.99. The van der Waals surface area contributed by atoms with Crippen LogP contribution in [0.3, 0.4) is 0 Å². The molecule has 0 fully saturated rings. The maximum atomic E-state index is 12.5. The molecule has 0 spiro atoms. The van der Waals surface area contributed by atoms with E-state index in [4.69, 9.17) is 15.6 Å². The second kappa shape index (κ2) is 8.28. The minimum Gasteiger partial charge on any atom is -0.489 e. The van der Waals surface area contributed by atoms with Gasteiger partial charge in [-0.3, -0.25) is 0 Å². The summed E-state index contributed by atoms with van der Waals surface area (Å²) in [5.74, 6) is -3.53. The number of hydrogen-bond donors (Lipinski definition) is 2. The maximum absolute atomic E-state index is 12.5. The lowest BCUT2D eigenvalue weighted by molar-refractivity contribution is -0.132. The second-order valence-electron chi connectivity index (χ2n) is 6.93. The van der Waals surface area contributed by atoms with Gasteiger partial charge in [-0.2, -0.15) is 13.2 Å². The van der Waals surface area contributed by atoms with E-state index in [1.165, 1.54) is 6.92 Å². The average Bonchev–Trinajstić information content (AvgIpc) is 2.55. The van der Waals surface area contributed by atoms with Crippen molar-refractivity contribution in [1.82, 2.24) is 0 Å². The highest BCUT2D eigenvalue weighted by atomic mass is 19.4. The number of carboxylic acids is 1. The molecule has 0 heterocycles. The van der Waals surface area contributed by atoms with E-state index in [1.807, 2.05) is 24.3 Å². The monoisotopic (exact) mass is 384 g/mol. The number of benzene rings is 1. The number of aliphatic carboxylic acids is 1. The highest BCUT2D eigenvalue weighted by molar-refractivity contribution is 5.95. The molecule has 0 bridgehead atoms. The van der Waals surface area contributed by atoms with Crippen LogP contribution in [0.4, 0.5) is 13.2 Å². The second-order valence-corrected chi connectivity index (χ2v) is 6.93. The Kier molecular flexibility index (Phi) is 6.83. The van der Waals surface area contributed by atoms with Crippen LogP contribution < -0.4 is 5.73 Å². The van der Waals surface area contributed by atoms with E-state index in [1.54, 1.807) is 0 Å². The van der Waals surface area contributed by atoms with Crippen LogP contribution in [0.25, 0.3) is 0 Å². The van der Waals surface area contributed by atoms with Crippen molar-refractivity contribution in [2.75, 3.05) is 0 Å². The van der Waals surface area contributed by atoms with Crippen LogP contribution in [0.15, 0.2) is 52.9 Å². The summed E-state index contributed by atoms with van der Waals surface area (Å²) in [6.45, 7) is 11.1. The normalized spacial score (nSPS) is 13.8. The zero-order valence-electron chi connectivity index (χ0n) is 15.6. The largest absolute Gasteiger partial charge is 0.489 e. The van der Waals surface area contributed by atoms with Gasteiger partial charge in [-0.15, -0.1) is 0 Å². The number of nitrogens with zero attached hydrogens (tertiary/aromatic N) is 1. The predicted octanol–water partition coefficient (Wildman–Crippen LogP) is 4.29. The molecule has 5 nitrogen and oxygen atoms in total. The van der Waals surface area contributed by atoms with Crippen molar-refractivity contribution >= 4 is 11.8 Å². The molecule has 0 aliphatic carbocycles. The van der Waals surface area contributed by atoms with Crippen molar-refractivity contribution in [3.63, 3.8) is 0 Å². The molecule has 1 aromatic carbocycles. The smallest absolute Gasteiger partial charge is 0.448 e. The predicted molar refractivity (Wildman–Crippen MR) is 97.1 cm³/mol. The molecule has 0 saturated carbocycles. The van der Waals surface area contributed by atoms with Crippen molar-refractivity contribution in [2.45, 2.75) is 45.9 Å². The lowest BCUT2D eigenvalue weighted by Crippen LogP contribution is -2.32. The van der Waals surface area contributed by atoms with E-state index < -0.39 is 23.7 Å². The van der Waals surface area contributed by atoms with Crippen molar-refractivity contribution in [3.8, 4) is 0 Å². The summed E-state index contributed by atoms with van der Waals surface area (Å²) >= 11 is 0. The Morgan fingerprint density at radius 2 is 1.74 bits per heavy atom. The molecule has 0 aliphatic heterocycles. The highest BCUT2D eigenvalue weighted by Crippen LogP contribution is 2.24. The van der Waals surface area contributed by atoms with E-state index in [9.17, 15) is 18.0 Å². The number of allylic oxidation sites excluding steroid dienone is 1. The minimum absolute atomic E-state index is 0.00484. The van der Waals surface area contributed by atoms with E-state index in [0.717, 1.165) is 11.1 Å². The van der Waals surface area contributed by atoms with Gasteiger partial charge in [0.05, 0.1) is 0 Å². The van der Waals surface area contributed by atoms with Gasteiger partial charge in [0.15, 0.2) is 5.70 Å². The van der Waals surface area contributed by atoms with Crippen molar-refractivity contribution < 1.29 is 27.8 Å². The number of alkyl halides is 3. The third kappa shape index (κ3) is 6.47. The van der Waals surface area contributed by atoms with Crippen LogP contribution in [0, 0.1) is 0 Å². The lowest BCUT2D eigenvalue weighted by atomic mass is 9.87. The van der Waals surface area contributed by atoms with Gasteiger partial charge < -0.3 is 15.6 Å². The third-order valence-electron chi connectivity index (χ3n) is 3.73. The summed E-state index contributed by atoms with van der Waals surface area (Å²) < 4.78 is 42.9. The quantitative estimate of drug-likeness (QED) is 0.252. The molecule has 0 saturated heterocycles. The molecule has 0 aromatic heterocycles. The number of halogens is 3. The molecule has 0 amide bonds. The summed E-state index contributed by atoms with van der Waals surface area (Å²) in [4.78, 5) is 14.2.